The molecule has 164 valence electrons. The highest BCUT2D eigenvalue weighted by Gasteiger charge is 2.31. The summed E-state index contributed by atoms with van der Waals surface area (Å²) in [6.07, 6.45) is 4.22. The fraction of sp³-hybridized carbons (Fsp3) is 0.320. The van der Waals surface area contributed by atoms with Crippen LogP contribution in [-0.2, 0) is 12.8 Å². The number of ether oxygens (including phenoxy) is 1. The average molecular weight is 464 g/mol. The van der Waals surface area contributed by atoms with Gasteiger partial charge in [0.2, 0.25) is 0 Å². The number of nitroso groups, excluding NO2 is 1. The predicted molar refractivity (Wildman–Crippen MR) is 132 cm³/mol. The number of methoxy groups -OCH3 is 1. The Morgan fingerprint density at radius 3 is 2.78 bits per heavy atom. The molecule has 2 aliphatic rings. The van der Waals surface area contributed by atoms with Gasteiger partial charge in [0, 0.05) is 23.4 Å². The van der Waals surface area contributed by atoms with Crippen LogP contribution in [0.4, 0.5) is 5.69 Å². The zero-order chi connectivity index (χ0) is 21.9. The zero-order valence-corrected chi connectivity index (χ0v) is 19.6. The van der Waals surface area contributed by atoms with Crippen LogP contribution in [0.2, 0.25) is 0 Å². The summed E-state index contributed by atoms with van der Waals surface area (Å²) >= 11 is 3.63. The highest BCUT2D eigenvalue weighted by molar-refractivity contribution is 8.02. The minimum absolute atomic E-state index is 0.153. The summed E-state index contributed by atoms with van der Waals surface area (Å²) in [5.74, 6) is 2.45. The molecule has 0 amide bonds. The molecule has 0 saturated heterocycles. The maximum atomic E-state index is 10.8. The van der Waals surface area contributed by atoms with Crippen LogP contribution < -0.4 is 4.74 Å². The van der Waals surface area contributed by atoms with E-state index in [-0.39, 0.29) is 6.04 Å². The Morgan fingerprint density at radius 2 is 2.03 bits per heavy atom. The number of thioether (sulfide) groups is 1. The first-order chi connectivity index (χ1) is 15.7. The Morgan fingerprint density at radius 1 is 1.19 bits per heavy atom. The molecule has 1 aliphatic carbocycles. The maximum absolute atomic E-state index is 10.8. The molecular formula is C25H25N3O2S2. The van der Waals surface area contributed by atoms with Gasteiger partial charge in [0.25, 0.3) is 0 Å². The topological polar surface area (TPSA) is 54.8 Å². The van der Waals surface area contributed by atoms with E-state index in [2.05, 4.69) is 33.0 Å². The van der Waals surface area contributed by atoms with E-state index in [1.165, 1.54) is 34.7 Å². The Kier molecular flexibility index (Phi) is 6.28. The SMILES string of the molecule is COc1cccc(CC2=CSCN2[C@@H](Cc2ccc(N=O)cc2)c2csc(C3CC3)n2)c1. The van der Waals surface area contributed by atoms with Crippen LogP contribution in [0.15, 0.2) is 70.2 Å². The number of nitrogens with zero attached hydrogens (tertiary/aromatic N) is 3. The van der Waals surface area contributed by atoms with Crippen LogP contribution in [0.3, 0.4) is 0 Å². The van der Waals surface area contributed by atoms with Crippen LogP contribution in [0, 0.1) is 4.91 Å². The van der Waals surface area contributed by atoms with Gasteiger partial charge in [-0.2, -0.15) is 0 Å². The molecule has 32 heavy (non-hydrogen) atoms. The van der Waals surface area contributed by atoms with Crippen LogP contribution >= 0.6 is 23.1 Å². The summed E-state index contributed by atoms with van der Waals surface area (Å²) in [4.78, 5) is 18.4. The van der Waals surface area contributed by atoms with Crippen LogP contribution in [0.25, 0.3) is 0 Å². The molecule has 0 radical (unpaired) electrons. The number of allylic oxidation sites excluding steroid dienone is 1. The van der Waals surface area contributed by atoms with Crippen molar-refractivity contribution in [3.8, 4) is 5.75 Å². The van der Waals surface area contributed by atoms with Gasteiger partial charge in [-0.05, 0) is 65.2 Å². The van der Waals surface area contributed by atoms with E-state index in [0.717, 1.165) is 30.2 Å². The van der Waals surface area contributed by atoms with Crippen molar-refractivity contribution < 1.29 is 4.74 Å². The minimum Gasteiger partial charge on any atom is -0.497 e. The number of aromatic nitrogens is 1. The van der Waals surface area contributed by atoms with Crippen molar-refractivity contribution in [1.82, 2.24) is 9.88 Å². The first-order valence-electron chi connectivity index (χ1n) is 10.8. The summed E-state index contributed by atoms with van der Waals surface area (Å²) in [5, 5.41) is 8.83. The normalized spacial score (nSPS) is 16.7. The van der Waals surface area contributed by atoms with Crippen molar-refractivity contribution >= 4 is 28.8 Å². The van der Waals surface area contributed by atoms with E-state index in [9.17, 15) is 4.91 Å². The second-order valence-corrected chi connectivity index (χ2v) is 9.98. The summed E-state index contributed by atoms with van der Waals surface area (Å²) in [6.45, 7) is 0. The van der Waals surface area contributed by atoms with Crippen LogP contribution in [-0.4, -0.2) is 22.9 Å². The molecule has 3 aromatic rings. The van der Waals surface area contributed by atoms with E-state index in [0.29, 0.717) is 11.6 Å². The molecule has 0 spiro atoms. The largest absolute Gasteiger partial charge is 0.497 e. The lowest BCUT2D eigenvalue weighted by atomic mass is 10.0. The molecule has 1 aromatic heterocycles. The van der Waals surface area contributed by atoms with Gasteiger partial charge in [-0.1, -0.05) is 24.3 Å². The van der Waals surface area contributed by atoms with Crippen molar-refractivity contribution in [1.29, 1.82) is 0 Å². The Labute approximate surface area is 196 Å². The van der Waals surface area contributed by atoms with Crippen LogP contribution in [0.1, 0.15) is 46.6 Å². The fourth-order valence-corrected chi connectivity index (χ4v) is 6.08. The van der Waals surface area contributed by atoms with Crippen molar-refractivity contribution in [2.75, 3.05) is 13.0 Å². The first-order valence-corrected chi connectivity index (χ1v) is 12.7. The lowest BCUT2D eigenvalue weighted by Crippen LogP contribution is -2.28. The first kappa shape index (κ1) is 21.2. The molecule has 1 saturated carbocycles. The summed E-state index contributed by atoms with van der Waals surface area (Å²) < 4.78 is 5.42. The number of hydrogen-bond donors (Lipinski definition) is 0. The second kappa shape index (κ2) is 9.46. The number of thiazole rings is 1. The third kappa shape index (κ3) is 4.74. The van der Waals surface area contributed by atoms with E-state index < -0.39 is 0 Å². The molecule has 2 heterocycles. The smallest absolute Gasteiger partial charge is 0.119 e. The van der Waals surface area contributed by atoms with E-state index in [1.54, 1.807) is 30.6 Å². The van der Waals surface area contributed by atoms with Crippen molar-refractivity contribution in [3.05, 3.63) is 91.8 Å². The molecule has 2 aromatic carbocycles. The lowest BCUT2D eigenvalue weighted by molar-refractivity contribution is 0.290. The van der Waals surface area contributed by atoms with Gasteiger partial charge in [-0.25, -0.2) is 4.98 Å². The number of benzene rings is 2. The van der Waals surface area contributed by atoms with Crippen molar-refractivity contribution in [2.24, 2.45) is 5.18 Å². The van der Waals surface area contributed by atoms with Gasteiger partial charge in [0.05, 0.1) is 29.7 Å². The molecule has 0 N–H and O–H groups in total. The molecule has 1 atom stereocenters. The molecular weight excluding hydrogens is 438 g/mol. The monoisotopic (exact) mass is 463 g/mol. The van der Waals surface area contributed by atoms with Crippen molar-refractivity contribution in [2.45, 2.75) is 37.6 Å². The van der Waals surface area contributed by atoms with Gasteiger partial charge < -0.3 is 9.64 Å². The van der Waals surface area contributed by atoms with Gasteiger partial charge in [-0.15, -0.1) is 28.0 Å². The molecule has 1 aliphatic heterocycles. The van der Waals surface area contributed by atoms with Gasteiger partial charge in [0.1, 0.15) is 11.4 Å². The lowest BCUT2D eigenvalue weighted by Gasteiger charge is -2.31. The standard InChI is InChI=1S/C25H25N3O2S2/c1-30-22-4-2-3-18(12-22)11-21-14-31-16-28(21)24(13-17-5-9-20(27-29)10-6-17)23-15-32-25(26-23)19-7-8-19/h2-6,9-10,12,14-15,19,24H,7-8,11,13,16H2,1H3/t24-/m0/s1. The van der Waals surface area contributed by atoms with E-state index in [1.807, 2.05) is 36.0 Å². The highest BCUT2D eigenvalue weighted by atomic mass is 32.2. The summed E-state index contributed by atoms with van der Waals surface area (Å²) in [7, 11) is 1.71. The molecule has 1 fully saturated rings. The number of hydrogen-bond acceptors (Lipinski definition) is 7. The molecule has 5 rings (SSSR count). The third-order valence-corrected chi connectivity index (χ3v) is 7.87. The van der Waals surface area contributed by atoms with Gasteiger partial charge in [0.15, 0.2) is 0 Å². The second-order valence-electron chi connectivity index (χ2n) is 8.27. The Bertz CT molecular complexity index is 1120. The van der Waals surface area contributed by atoms with Crippen LogP contribution in [0.5, 0.6) is 5.75 Å². The summed E-state index contributed by atoms with van der Waals surface area (Å²) in [5.41, 5.74) is 5.33. The van der Waals surface area contributed by atoms with E-state index >= 15 is 0 Å². The quantitative estimate of drug-likeness (QED) is 0.327. The van der Waals surface area contributed by atoms with Gasteiger partial charge in [-0.3, -0.25) is 0 Å². The zero-order valence-electron chi connectivity index (χ0n) is 17.9. The average Bonchev–Trinajstić information content (AvgIpc) is 3.39. The fourth-order valence-electron chi connectivity index (χ4n) is 4.05. The maximum Gasteiger partial charge on any atom is 0.119 e. The highest BCUT2D eigenvalue weighted by Crippen LogP contribution is 2.43. The third-order valence-electron chi connectivity index (χ3n) is 5.98. The van der Waals surface area contributed by atoms with Crippen molar-refractivity contribution in [3.63, 3.8) is 0 Å². The molecule has 0 bridgehead atoms. The predicted octanol–water partition coefficient (Wildman–Crippen LogP) is 6.80. The Hall–Kier alpha value is -2.64. The van der Waals surface area contributed by atoms with Gasteiger partial charge >= 0.3 is 0 Å². The van der Waals surface area contributed by atoms with E-state index in [4.69, 9.17) is 9.72 Å². The molecule has 5 nitrogen and oxygen atoms in total. The molecule has 0 unspecified atom stereocenters. The Balaban J connectivity index is 1.42. The summed E-state index contributed by atoms with van der Waals surface area (Å²) in [6, 6.07) is 16.0. The minimum atomic E-state index is 0.153. The number of rotatable bonds is 9. The molecule has 7 heteroatoms.